The average molecular weight is 869 g/mol. The molecule has 0 saturated carbocycles. The fraction of sp³-hybridized carbons (Fsp3) is 0.723. The van der Waals surface area contributed by atoms with Gasteiger partial charge in [0.15, 0.2) is 6.29 Å². The molecule has 0 radical (unpaired) electrons. The van der Waals surface area contributed by atoms with Crippen LogP contribution in [-0.2, 0) is 38.3 Å². The molecular weight excluding hydrogens is 789 g/mol. The van der Waals surface area contributed by atoms with Crippen molar-refractivity contribution in [2.24, 2.45) is 0 Å². The van der Waals surface area contributed by atoms with Gasteiger partial charge >= 0.3 is 16.4 Å². The summed E-state index contributed by atoms with van der Waals surface area (Å²) in [6.07, 6.45) is 39.5. The lowest BCUT2D eigenvalue weighted by Crippen LogP contribution is -2.60. The van der Waals surface area contributed by atoms with Crippen LogP contribution >= 0.6 is 0 Å². The van der Waals surface area contributed by atoms with Crippen LogP contribution in [0.3, 0.4) is 0 Å². The van der Waals surface area contributed by atoms with Crippen LogP contribution < -0.4 is 0 Å². The fourth-order valence-electron chi connectivity index (χ4n) is 6.46. The van der Waals surface area contributed by atoms with Gasteiger partial charge in [0, 0.05) is 13.0 Å². The van der Waals surface area contributed by atoms with Crippen molar-refractivity contribution in [1.29, 1.82) is 0 Å². The number of hydrogen-bond acceptors (Lipinski definition) is 11. The van der Waals surface area contributed by atoms with Gasteiger partial charge in [-0.1, -0.05) is 170 Å². The number of aliphatic hydroxyl groups excluding tert-OH is 3. The highest BCUT2D eigenvalue weighted by molar-refractivity contribution is 7.80. The number of allylic oxidation sites excluding steroid dienone is 12. The van der Waals surface area contributed by atoms with Crippen molar-refractivity contribution < 1.29 is 56.2 Å². The van der Waals surface area contributed by atoms with Crippen molar-refractivity contribution in [3.8, 4) is 0 Å². The summed E-state index contributed by atoms with van der Waals surface area (Å²) in [5.74, 6) is -0.482. The van der Waals surface area contributed by atoms with E-state index >= 15 is 0 Å². The molecule has 0 bridgehead atoms. The highest BCUT2D eigenvalue weighted by Crippen LogP contribution is 2.26. The summed E-state index contributed by atoms with van der Waals surface area (Å²) < 4.78 is 58.9. The molecule has 346 valence electrons. The number of carbonyl (C=O) groups is 1. The lowest BCUT2D eigenvalue weighted by molar-refractivity contribution is -0.301. The van der Waals surface area contributed by atoms with E-state index in [2.05, 4.69) is 78.8 Å². The van der Waals surface area contributed by atoms with Gasteiger partial charge < -0.3 is 34.3 Å². The summed E-state index contributed by atoms with van der Waals surface area (Å²) in [5.41, 5.74) is 0. The van der Waals surface area contributed by atoms with Gasteiger partial charge in [0.2, 0.25) is 0 Å². The van der Waals surface area contributed by atoms with Crippen LogP contribution in [0.2, 0.25) is 0 Å². The maximum absolute atomic E-state index is 12.8. The summed E-state index contributed by atoms with van der Waals surface area (Å²) in [5, 5.41) is 30.6. The Morgan fingerprint density at radius 3 is 1.58 bits per heavy atom. The van der Waals surface area contributed by atoms with Crippen LogP contribution in [0.25, 0.3) is 0 Å². The number of carbonyl (C=O) groups excluding carboxylic acids is 1. The van der Waals surface area contributed by atoms with E-state index in [-0.39, 0.29) is 19.6 Å². The summed E-state index contributed by atoms with van der Waals surface area (Å²) >= 11 is 0. The molecule has 1 aliphatic heterocycles. The molecule has 1 heterocycles. The van der Waals surface area contributed by atoms with Crippen molar-refractivity contribution in [3.63, 3.8) is 0 Å². The highest BCUT2D eigenvalue weighted by atomic mass is 32.3. The van der Waals surface area contributed by atoms with E-state index in [9.17, 15) is 28.5 Å². The fourth-order valence-corrected chi connectivity index (χ4v) is 6.97. The van der Waals surface area contributed by atoms with Gasteiger partial charge in [-0.25, -0.2) is 4.18 Å². The largest absolute Gasteiger partial charge is 0.457 e. The number of hydrogen-bond donors (Lipinski definition) is 4. The third-order valence-electron chi connectivity index (χ3n) is 9.86. The van der Waals surface area contributed by atoms with Crippen molar-refractivity contribution in [3.05, 3.63) is 72.9 Å². The Bertz CT molecular complexity index is 1330. The maximum Gasteiger partial charge on any atom is 0.397 e. The standard InChI is InChI=1S/C47H80O12S/c1-3-5-7-9-11-13-15-17-19-20-21-22-23-24-26-28-30-32-34-36-43(49)57-41(39-55-37-35-33-31-29-27-25-18-16-14-12-10-8-6-4-2)40-56-47-45(51)46(59-60(52,53)54)44(50)42(38-48)58-47/h5,7,11,13,17,19,21-22,24,26,30,32,41-42,44-48,50-51H,3-4,6,8-10,12,14-16,18,20,23,25,27-29,31,33-40H2,1-2H3,(H,52,53,54)/b7-5-,13-11-,19-17-,22-21-,26-24-,32-30-. The Balaban J connectivity index is 2.50. The normalized spacial score (nSPS) is 20.9. The van der Waals surface area contributed by atoms with E-state index in [1.807, 2.05) is 12.2 Å². The van der Waals surface area contributed by atoms with Gasteiger partial charge in [0.25, 0.3) is 0 Å². The molecule has 1 saturated heterocycles. The van der Waals surface area contributed by atoms with Crippen LogP contribution in [0.15, 0.2) is 72.9 Å². The first-order valence-electron chi connectivity index (χ1n) is 22.7. The number of unbranched alkanes of at least 4 members (excludes halogenated alkanes) is 13. The zero-order valence-electron chi connectivity index (χ0n) is 36.7. The van der Waals surface area contributed by atoms with Gasteiger partial charge in [-0.2, -0.15) is 8.42 Å². The van der Waals surface area contributed by atoms with E-state index < -0.39 is 59.8 Å². The zero-order valence-corrected chi connectivity index (χ0v) is 37.6. The zero-order chi connectivity index (χ0) is 43.9. The second-order valence-corrected chi connectivity index (χ2v) is 16.3. The molecule has 0 amide bonds. The Labute approximate surface area is 362 Å². The van der Waals surface area contributed by atoms with Gasteiger partial charge in [0.1, 0.15) is 30.5 Å². The molecule has 0 aliphatic carbocycles. The molecule has 1 rings (SSSR count). The van der Waals surface area contributed by atoms with Crippen molar-refractivity contribution in [1.82, 2.24) is 0 Å². The van der Waals surface area contributed by atoms with Crippen molar-refractivity contribution in [2.75, 3.05) is 26.4 Å². The summed E-state index contributed by atoms with van der Waals surface area (Å²) in [7, 11) is -5.07. The molecule has 6 atom stereocenters. The van der Waals surface area contributed by atoms with Gasteiger partial charge in [-0.15, -0.1) is 0 Å². The van der Waals surface area contributed by atoms with Gasteiger partial charge in [-0.05, 0) is 51.4 Å². The first-order chi connectivity index (χ1) is 29.1. The molecule has 4 N–H and O–H groups in total. The first kappa shape index (κ1) is 55.6. The SMILES string of the molecule is CC/C=C\C/C=C\C/C=C\C/C=C\C/C=C\C/C=C\CCC(=O)OC(COCCCCCCCCCCCCCCCC)COC1OC(CO)C(O)C(OS(=O)(=O)O)C1O. The second kappa shape index (κ2) is 38.2. The molecule has 0 spiro atoms. The van der Waals surface area contributed by atoms with Crippen LogP contribution in [0.1, 0.15) is 155 Å². The summed E-state index contributed by atoms with van der Waals surface area (Å²) in [6.45, 7) is 3.77. The highest BCUT2D eigenvalue weighted by Gasteiger charge is 2.48. The third kappa shape index (κ3) is 31.4. The van der Waals surface area contributed by atoms with Crippen LogP contribution in [0.5, 0.6) is 0 Å². The van der Waals surface area contributed by atoms with Gasteiger partial charge in [0.05, 0.1) is 19.8 Å². The van der Waals surface area contributed by atoms with Crippen LogP contribution in [-0.4, -0.2) is 97.5 Å². The molecular formula is C47H80O12S. The number of rotatable bonds is 38. The topological polar surface area (TPSA) is 178 Å². The van der Waals surface area contributed by atoms with Crippen LogP contribution in [0.4, 0.5) is 0 Å². The molecule has 6 unspecified atom stereocenters. The smallest absolute Gasteiger partial charge is 0.397 e. The molecule has 12 nitrogen and oxygen atoms in total. The van der Waals surface area contributed by atoms with E-state index in [0.29, 0.717) is 13.0 Å². The first-order valence-corrected chi connectivity index (χ1v) is 24.1. The van der Waals surface area contributed by atoms with E-state index in [1.165, 1.54) is 70.6 Å². The number of aliphatic hydroxyl groups is 3. The number of ether oxygens (including phenoxy) is 4. The second-order valence-electron chi connectivity index (χ2n) is 15.3. The Morgan fingerprint density at radius 1 is 0.650 bits per heavy atom. The van der Waals surface area contributed by atoms with Crippen LogP contribution in [0, 0.1) is 0 Å². The molecule has 1 fully saturated rings. The van der Waals surface area contributed by atoms with E-state index in [4.69, 9.17) is 23.5 Å². The van der Waals surface area contributed by atoms with E-state index in [1.54, 1.807) is 0 Å². The lowest BCUT2D eigenvalue weighted by Gasteiger charge is -2.41. The average Bonchev–Trinajstić information content (AvgIpc) is 3.22. The third-order valence-corrected chi connectivity index (χ3v) is 10.3. The van der Waals surface area contributed by atoms with Gasteiger partial charge in [-0.3, -0.25) is 9.35 Å². The van der Waals surface area contributed by atoms with Crippen molar-refractivity contribution >= 4 is 16.4 Å². The monoisotopic (exact) mass is 869 g/mol. The molecule has 1 aliphatic rings. The Morgan fingerprint density at radius 2 is 1.12 bits per heavy atom. The minimum Gasteiger partial charge on any atom is -0.457 e. The molecule has 13 heteroatoms. The maximum atomic E-state index is 12.8. The van der Waals surface area contributed by atoms with Crippen molar-refractivity contribution in [2.45, 2.75) is 192 Å². The quantitative estimate of drug-likeness (QED) is 0.0200. The minimum atomic E-state index is -5.07. The lowest BCUT2D eigenvalue weighted by atomic mass is 9.99. The summed E-state index contributed by atoms with van der Waals surface area (Å²) in [6, 6.07) is 0. The minimum absolute atomic E-state index is 0.00388. The predicted octanol–water partition coefficient (Wildman–Crippen LogP) is 9.52. The Kier molecular flexibility index (Phi) is 35.4. The number of esters is 1. The summed E-state index contributed by atoms with van der Waals surface area (Å²) in [4.78, 5) is 12.8. The molecule has 0 aromatic heterocycles. The molecule has 0 aromatic carbocycles. The Hall–Kier alpha value is -2.46. The molecule has 60 heavy (non-hydrogen) atoms. The molecule has 0 aromatic rings. The van der Waals surface area contributed by atoms with E-state index in [0.717, 1.165) is 57.8 Å². The predicted molar refractivity (Wildman–Crippen MR) is 239 cm³/mol.